The van der Waals surface area contributed by atoms with E-state index in [2.05, 4.69) is 50.6 Å². The van der Waals surface area contributed by atoms with Gasteiger partial charge in [-0.1, -0.05) is 105 Å². The molecule has 0 fully saturated rings. The summed E-state index contributed by atoms with van der Waals surface area (Å²) in [6, 6.07) is 7.94. The summed E-state index contributed by atoms with van der Waals surface area (Å²) in [6.07, 6.45) is 21.4. The van der Waals surface area contributed by atoms with Crippen molar-refractivity contribution in [3.63, 3.8) is 0 Å². The van der Waals surface area contributed by atoms with E-state index in [9.17, 15) is 0 Å². The summed E-state index contributed by atoms with van der Waals surface area (Å²) in [5.41, 5.74) is 3.32. The van der Waals surface area contributed by atoms with Crippen molar-refractivity contribution >= 4 is 45.3 Å². The molecular formula is C46H58F4S4. The topological polar surface area (TPSA) is 0 Å². The van der Waals surface area contributed by atoms with E-state index in [0.717, 1.165) is 121 Å². The van der Waals surface area contributed by atoms with Gasteiger partial charge in [0.25, 0.3) is 0 Å². The Morgan fingerprint density at radius 3 is 1.06 bits per heavy atom. The van der Waals surface area contributed by atoms with E-state index in [1.54, 1.807) is 34.8 Å². The second-order valence-electron chi connectivity index (χ2n) is 14.8. The van der Waals surface area contributed by atoms with Gasteiger partial charge in [-0.3, -0.25) is 0 Å². The number of halogens is 4. The predicted molar refractivity (Wildman–Crippen MR) is 231 cm³/mol. The van der Waals surface area contributed by atoms with Gasteiger partial charge in [-0.2, -0.15) is 0 Å². The fourth-order valence-corrected chi connectivity index (χ4v) is 11.9. The van der Waals surface area contributed by atoms with Crippen molar-refractivity contribution in [1.29, 1.82) is 0 Å². The van der Waals surface area contributed by atoms with Crippen LogP contribution in [0.1, 0.15) is 153 Å². The highest BCUT2D eigenvalue weighted by Crippen LogP contribution is 2.48. The monoisotopic (exact) mass is 814 g/mol. The number of unbranched alkanes of at least 4 members (excludes halogenated alkanes) is 12. The largest absolute Gasteiger partial charge is 0.203 e. The summed E-state index contributed by atoms with van der Waals surface area (Å²) in [4.78, 5) is 4.48. The number of rotatable bonds is 24. The summed E-state index contributed by atoms with van der Waals surface area (Å²) < 4.78 is 65.2. The highest BCUT2D eigenvalue weighted by molar-refractivity contribution is 7.24. The maximum absolute atomic E-state index is 16.3. The first kappa shape index (κ1) is 42.9. The molecule has 54 heavy (non-hydrogen) atoms. The lowest BCUT2D eigenvalue weighted by atomic mass is 10.0. The van der Waals surface area contributed by atoms with Crippen LogP contribution in [0.5, 0.6) is 0 Å². The van der Waals surface area contributed by atoms with E-state index in [1.165, 1.54) is 72.3 Å². The SMILES string of the molecule is CCCCCCc1csc(-c2sc(-c3c(F)c(F)c(-c4cc(CCCCCC)c(-c5cc(CCCCCC)cs5)s4)c(F)c3F)cc2CCCCCC)c1. The lowest BCUT2D eigenvalue weighted by Gasteiger charge is -2.10. The Morgan fingerprint density at radius 2 is 0.722 bits per heavy atom. The molecule has 0 aliphatic rings. The average molecular weight is 815 g/mol. The molecular weight excluding hydrogens is 757 g/mol. The highest BCUT2D eigenvalue weighted by atomic mass is 32.1. The molecule has 294 valence electrons. The van der Waals surface area contributed by atoms with Crippen LogP contribution in [0.15, 0.2) is 35.0 Å². The van der Waals surface area contributed by atoms with Crippen molar-refractivity contribution in [2.45, 2.75) is 156 Å². The zero-order valence-corrected chi connectivity index (χ0v) is 36.0. The maximum atomic E-state index is 16.3. The molecule has 0 spiro atoms. The minimum atomic E-state index is -1.32. The van der Waals surface area contributed by atoms with E-state index < -0.39 is 34.4 Å². The van der Waals surface area contributed by atoms with E-state index in [1.807, 2.05) is 0 Å². The molecule has 5 rings (SSSR count). The molecule has 0 radical (unpaired) electrons. The molecule has 0 aliphatic carbocycles. The quantitative estimate of drug-likeness (QED) is 0.0331. The second-order valence-corrected chi connectivity index (χ2v) is 18.7. The lowest BCUT2D eigenvalue weighted by molar-refractivity contribution is 0.463. The van der Waals surface area contributed by atoms with Gasteiger partial charge >= 0.3 is 0 Å². The van der Waals surface area contributed by atoms with Gasteiger partial charge in [-0.05, 0) is 109 Å². The minimum absolute atomic E-state index is 0.237. The first-order valence-corrected chi connectivity index (χ1v) is 24.0. The first-order valence-electron chi connectivity index (χ1n) is 20.6. The normalized spacial score (nSPS) is 11.7. The van der Waals surface area contributed by atoms with Crippen LogP contribution in [0.3, 0.4) is 0 Å². The third-order valence-electron chi connectivity index (χ3n) is 10.4. The van der Waals surface area contributed by atoms with Crippen molar-refractivity contribution in [3.8, 4) is 40.4 Å². The lowest BCUT2D eigenvalue weighted by Crippen LogP contribution is -2.02. The van der Waals surface area contributed by atoms with Crippen molar-refractivity contribution < 1.29 is 17.6 Å². The molecule has 5 aromatic rings. The van der Waals surface area contributed by atoms with Crippen LogP contribution in [0.25, 0.3) is 40.4 Å². The third-order valence-corrected chi connectivity index (χ3v) is 15.1. The van der Waals surface area contributed by atoms with Crippen LogP contribution in [-0.2, 0) is 25.7 Å². The summed E-state index contributed by atoms with van der Waals surface area (Å²) in [5, 5.41) is 4.35. The Balaban J connectivity index is 1.50. The van der Waals surface area contributed by atoms with Crippen LogP contribution < -0.4 is 0 Å². The zero-order chi connectivity index (χ0) is 38.5. The molecule has 0 nitrogen and oxygen atoms in total. The van der Waals surface area contributed by atoms with Gasteiger partial charge in [0.1, 0.15) is 0 Å². The van der Waals surface area contributed by atoms with Crippen molar-refractivity contribution in [1.82, 2.24) is 0 Å². The Kier molecular flexibility index (Phi) is 17.4. The molecule has 0 N–H and O–H groups in total. The molecule has 0 atom stereocenters. The van der Waals surface area contributed by atoms with Crippen LogP contribution in [0.2, 0.25) is 0 Å². The predicted octanol–water partition coefficient (Wildman–Crippen LogP) is 17.6. The van der Waals surface area contributed by atoms with Crippen LogP contribution in [-0.4, -0.2) is 0 Å². The minimum Gasteiger partial charge on any atom is -0.203 e. The van der Waals surface area contributed by atoms with Crippen molar-refractivity contribution in [2.24, 2.45) is 0 Å². The first-order chi connectivity index (χ1) is 26.3. The van der Waals surface area contributed by atoms with Crippen molar-refractivity contribution in [3.05, 3.63) is 80.5 Å². The molecule has 4 aromatic heterocycles. The number of hydrogen-bond acceptors (Lipinski definition) is 4. The van der Waals surface area contributed by atoms with Gasteiger partial charge in [0.05, 0.1) is 11.1 Å². The van der Waals surface area contributed by atoms with E-state index >= 15 is 17.6 Å². The van der Waals surface area contributed by atoms with Gasteiger partial charge in [0.2, 0.25) is 0 Å². The fourth-order valence-electron chi connectivity index (χ4n) is 7.20. The maximum Gasteiger partial charge on any atom is 0.171 e. The molecule has 0 saturated carbocycles. The van der Waals surface area contributed by atoms with E-state index in [-0.39, 0.29) is 9.75 Å². The smallest absolute Gasteiger partial charge is 0.171 e. The van der Waals surface area contributed by atoms with Crippen LogP contribution in [0, 0.1) is 23.3 Å². The summed E-state index contributed by atoms with van der Waals surface area (Å²) >= 11 is 5.78. The summed E-state index contributed by atoms with van der Waals surface area (Å²) in [7, 11) is 0. The molecule has 0 unspecified atom stereocenters. The highest BCUT2D eigenvalue weighted by Gasteiger charge is 2.30. The number of benzene rings is 1. The van der Waals surface area contributed by atoms with Gasteiger partial charge < -0.3 is 0 Å². The molecule has 0 aliphatic heterocycles. The van der Waals surface area contributed by atoms with Crippen molar-refractivity contribution in [2.75, 3.05) is 0 Å². The zero-order valence-electron chi connectivity index (χ0n) is 32.8. The average Bonchev–Trinajstić information content (AvgIpc) is 3.99. The Morgan fingerprint density at radius 1 is 0.389 bits per heavy atom. The number of thiophene rings is 4. The molecule has 4 heterocycles. The molecule has 8 heteroatoms. The Bertz CT molecular complexity index is 1730. The third kappa shape index (κ3) is 11.0. The molecule has 0 bridgehead atoms. The Hall–Kier alpha value is -2.26. The summed E-state index contributed by atoms with van der Waals surface area (Å²) in [6.45, 7) is 8.74. The number of hydrogen-bond donors (Lipinski definition) is 0. The molecule has 0 amide bonds. The van der Waals surface area contributed by atoms with E-state index in [4.69, 9.17) is 0 Å². The second kappa shape index (κ2) is 21.9. The molecule has 0 saturated heterocycles. The van der Waals surface area contributed by atoms with E-state index in [0.29, 0.717) is 0 Å². The number of aryl methyl sites for hydroxylation is 4. The standard InChI is InChI=1S/C46H58F4S4/c1-5-9-13-17-21-31-25-37(51-29-31)45-33(23-19-15-11-7-3)27-35(53-45)39-41(47)43(49)40(44(50)42(39)48)36-28-34(24-20-16-12-8-4)46(54-36)38-26-32(30-52-38)22-18-14-10-6-2/h25-30H,5-24H2,1-4H3. The summed E-state index contributed by atoms with van der Waals surface area (Å²) in [5.74, 6) is -5.27. The van der Waals surface area contributed by atoms with Crippen LogP contribution in [0.4, 0.5) is 17.6 Å². The Labute approximate surface area is 338 Å². The van der Waals surface area contributed by atoms with Gasteiger partial charge in [-0.15, -0.1) is 45.3 Å². The fraction of sp³-hybridized carbons (Fsp3) is 0.522. The molecule has 1 aromatic carbocycles. The van der Waals surface area contributed by atoms with Gasteiger partial charge in [0, 0.05) is 29.3 Å². The van der Waals surface area contributed by atoms with Gasteiger partial charge in [0.15, 0.2) is 23.3 Å². The van der Waals surface area contributed by atoms with Crippen LogP contribution >= 0.6 is 45.3 Å². The van der Waals surface area contributed by atoms with Gasteiger partial charge in [-0.25, -0.2) is 17.6 Å².